The number of hydrogen-bond donors (Lipinski definition) is 0. The summed E-state index contributed by atoms with van der Waals surface area (Å²) in [4.78, 5) is 14.2. The van der Waals surface area contributed by atoms with E-state index in [0.717, 1.165) is 10.0 Å². The van der Waals surface area contributed by atoms with Crippen LogP contribution in [0, 0.1) is 17.0 Å². The maximum absolute atomic E-state index is 10.5. The third-order valence-electron chi connectivity index (χ3n) is 2.01. The molecule has 0 bridgehead atoms. The summed E-state index contributed by atoms with van der Waals surface area (Å²) in [6.07, 6.45) is 4.16. The molecule has 0 aromatic carbocycles. The Morgan fingerprint density at radius 1 is 1.50 bits per heavy atom. The molecule has 7 heteroatoms. The van der Waals surface area contributed by atoms with Crippen molar-refractivity contribution in [3.63, 3.8) is 0 Å². The molecular weight excluding hydrogens is 276 g/mol. The van der Waals surface area contributed by atoms with E-state index in [0.29, 0.717) is 5.82 Å². The van der Waals surface area contributed by atoms with Crippen molar-refractivity contribution in [2.24, 2.45) is 0 Å². The highest BCUT2D eigenvalue weighted by molar-refractivity contribution is 9.10. The topological polar surface area (TPSA) is 73.8 Å². The van der Waals surface area contributed by atoms with E-state index >= 15 is 0 Å². The van der Waals surface area contributed by atoms with E-state index in [-0.39, 0.29) is 5.69 Å². The summed E-state index contributed by atoms with van der Waals surface area (Å²) in [7, 11) is 0. The quantitative estimate of drug-likeness (QED) is 0.625. The number of nitrogens with zero attached hydrogens (tertiary/aromatic N) is 4. The van der Waals surface area contributed by atoms with Crippen molar-refractivity contribution in [2.75, 3.05) is 0 Å². The molecule has 0 unspecified atom stereocenters. The molecule has 2 aromatic rings. The number of aromatic nitrogens is 3. The summed E-state index contributed by atoms with van der Waals surface area (Å²) in [5, 5.41) is 14.4. The van der Waals surface area contributed by atoms with Crippen molar-refractivity contribution in [3.8, 4) is 5.82 Å². The summed E-state index contributed by atoms with van der Waals surface area (Å²) in [6, 6.07) is 1.87. The minimum atomic E-state index is -0.488. The minimum Gasteiger partial charge on any atom is -0.258 e. The number of aryl methyl sites for hydroxylation is 1. The van der Waals surface area contributed by atoms with Gasteiger partial charge in [-0.25, -0.2) is 9.67 Å². The van der Waals surface area contributed by atoms with Gasteiger partial charge in [-0.3, -0.25) is 10.1 Å². The molecule has 82 valence electrons. The van der Waals surface area contributed by atoms with Crippen LogP contribution in [0.4, 0.5) is 5.69 Å². The molecular formula is C9H7BrN4O2. The van der Waals surface area contributed by atoms with Gasteiger partial charge in [0.15, 0.2) is 5.82 Å². The fraction of sp³-hybridized carbons (Fsp3) is 0.111. The third kappa shape index (κ3) is 1.94. The number of nitro groups is 1. The Morgan fingerprint density at radius 3 is 2.81 bits per heavy atom. The smallest absolute Gasteiger partial charge is 0.258 e. The SMILES string of the molecule is Cc1cc(Br)cnc1-n1cc([N+](=O)[O-])cn1. The van der Waals surface area contributed by atoms with Crippen LogP contribution in [0.5, 0.6) is 0 Å². The van der Waals surface area contributed by atoms with Crippen LogP contribution in [0.1, 0.15) is 5.56 Å². The Labute approximate surface area is 99.2 Å². The van der Waals surface area contributed by atoms with Crippen LogP contribution < -0.4 is 0 Å². The Bertz CT molecular complexity index is 552. The highest BCUT2D eigenvalue weighted by atomic mass is 79.9. The van der Waals surface area contributed by atoms with Crippen molar-refractivity contribution in [1.82, 2.24) is 14.8 Å². The first-order valence-electron chi connectivity index (χ1n) is 4.39. The van der Waals surface area contributed by atoms with Crippen LogP contribution in [0.25, 0.3) is 5.82 Å². The van der Waals surface area contributed by atoms with Crippen LogP contribution in [-0.2, 0) is 0 Å². The fourth-order valence-electron chi connectivity index (χ4n) is 1.30. The Kier molecular flexibility index (Phi) is 2.69. The Balaban J connectivity index is 2.46. The average Bonchev–Trinajstić information content (AvgIpc) is 2.66. The molecule has 0 amide bonds. The molecule has 0 spiro atoms. The largest absolute Gasteiger partial charge is 0.307 e. The van der Waals surface area contributed by atoms with E-state index in [2.05, 4.69) is 26.0 Å². The van der Waals surface area contributed by atoms with Gasteiger partial charge in [0.05, 0.1) is 4.92 Å². The van der Waals surface area contributed by atoms with Crippen LogP contribution in [-0.4, -0.2) is 19.7 Å². The van der Waals surface area contributed by atoms with E-state index in [4.69, 9.17) is 0 Å². The lowest BCUT2D eigenvalue weighted by molar-refractivity contribution is -0.384. The molecule has 0 atom stereocenters. The monoisotopic (exact) mass is 282 g/mol. The number of hydrogen-bond acceptors (Lipinski definition) is 4. The summed E-state index contributed by atoms with van der Waals surface area (Å²) in [5.74, 6) is 0.580. The molecule has 0 fully saturated rings. The van der Waals surface area contributed by atoms with Gasteiger partial charge >= 0.3 is 5.69 Å². The highest BCUT2D eigenvalue weighted by Crippen LogP contribution is 2.18. The molecule has 0 aliphatic carbocycles. The Hall–Kier alpha value is -1.76. The van der Waals surface area contributed by atoms with Gasteiger partial charge in [0.2, 0.25) is 0 Å². The summed E-state index contributed by atoms with van der Waals surface area (Å²) < 4.78 is 2.25. The second-order valence-electron chi connectivity index (χ2n) is 3.19. The number of pyridine rings is 1. The van der Waals surface area contributed by atoms with Crippen LogP contribution in [0.3, 0.4) is 0 Å². The van der Waals surface area contributed by atoms with Gasteiger partial charge in [-0.1, -0.05) is 0 Å². The molecule has 2 aromatic heterocycles. The number of rotatable bonds is 2. The normalized spacial score (nSPS) is 10.4. The first kappa shape index (κ1) is 10.7. The van der Waals surface area contributed by atoms with Gasteiger partial charge < -0.3 is 0 Å². The zero-order valence-corrected chi connectivity index (χ0v) is 9.88. The Morgan fingerprint density at radius 2 is 2.25 bits per heavy atom. The van der Waals surface area contributed by atoms with Gasteiger partial charge in [0.1, 0.15) is 12.4 Å². The molecule has 16 heavy (non-hydrogen) atoms. The average molecular weight is 283 g/mol. The first-order valence-corrected chi connectivity index (χ1v) is 5.19. The van der Waals surface area contributed by atoms with E-state index in [1.54, 1.807) is 6.20 Å². The standard InChI is InChI=1S/C9H7BrN4O2/c1-6-2-7(10)3-11-9(6)13-5-8(4-12-13)14(15)16/h2-5H,1H3. The summed E-state index contributed by atoms with van der Waals surface area (Å²) in [5.41, 5.74) is 0.830. The van der Waals surface area contributed by atoms with Crippen LogP contribution in [0.15, 0.2) is 29.1 Å². The fourth-order valence-corrected chi connectivity index (χ4v) is 1.74. The lowest BCUT2D eigenvalue weighted by atomic mass is 10.3. The second kappa shape index (κ2) is 4.01. The van der Waals surface area contributed by atoms with Crippen molar-refractivity contribution in [3.05, 3.63) is 44.8 Å². The molecule has 6 nitrogen and oxygen atoms in total. The van der Waals surface area contributed by atoms with E-state index in [9.17, 15) is 10.1 Å². The summed E-state index contributed by atoms with van der Waals surface area (Å²) >= 11 is 3.30. The zero-order chi connectivity index (χ0) is 11.7. The zero-order valence-electron chi connectivity index (χ0n) is 8.29. The van der Waals surface area contributed by atoms with Gasteiger partial charge in [-0.15, -0.1) is 0 Å². The van der Waals surface area contributed by atoms with Gasteiger partial charge in [-0.05, 0) is 34.5 Å². The van der Waals surface area contributed by atoms with Crippen molar-refractivity contribution in [1.29, 1.82) is 0 Å². The minimum absolute atomic E-state index is 0.0517. The first-order chi connectivity index (χ1) is 7.58. The molecule has 0 aliphatic rings. The maximum atomic E-state index is 10.5. The third-order valence-corrected chi connectivity index (χ3v) is 2.45. The molecule has 2 heterocycles. The van der Waals surface area contributed by atoms with Crippen LogP contribution >= 0.6 is 15.9 Å². The predicted molar refractivity (Wildman–Crippen MR) is 60.5 cm³/mol. The molecule has 0 saturated heterocycles. The highest BCUT2D eigenvalue weighted by Gasteiger charge is 2.11. The molecule has 0 N–H and O–H groups in total. The van der Waals surface area contributed by atoms with Crippen LogP contribution in [0.2, 0.25) is 0 Å². The lowest BCUT2D eigenvalue weighted by Gasteiger charge is -2.03. The second-order valence-corrected chi connectivity index (χ2v) is 4.11. The maximum Gasteiger partial charge on any atom is 0.307 e. The molecule has 0 aliphatic heterocycles. The molecule has 0 saturated carbocycles. The predicted octanol–water partition coefficient (Wildman–Crippen LogP) is 2.25. The van der Waals surface area contributed by atoms with E-state index in [1.165, 1.54) is 17.1 Å². The van der Waals surface area contributed by atoms with Gasteiger partial charge in [-0.2, -0.15) is 5.10 Å². The van der Waals surface area contributed by atoms with E-state index < -0.39 is 4.92 Å². The van der Waals surface area contributed by atoms with Crippen molar-refractivity contribution in [2.45, 2.75) is 6.92 Å². The van der Waals surface area contributed by atoms with Crippen molar-refractivity contribution < 1.29 is 4.92 Å². The lowest BCUT2D eigenvalue weighted by Crippen LogP contribution is -2.00. The molecule has 0 radical (unpaired) electrons. The van der Waals surface area contributed by atoms with Gasteiger partial charge in [0, 0.05) is 10.7 Å². The van der Waals surface area contributed by atoms with Crippen molar-refractivity contribution >= 4 is 21.6 Å². The molecule has 2 rings (SSSR count). The van der Waals surface area contributed by atoms with E-state index in [1.807, 2.05) is 13.0 Å². The van der Waals surface area contributed by atoms with Gasteiger partial charge in [0.25, 0.3) is 0 Å². The summed E-state index contributed by atoms with van der Waals surface area (Å²) in [6.45, 7) is 1.86. The number of halogens is 1.